The van der Waals surface area contributed by atoms with Crippen molar-refractivity contribution in [2.24, 2.45) is 0 Å². The molecule has 1 aromatic heterocycles. The highest BCUT2D eigenvalue weighted by Crippen LogP contribution is 2.17. The molecule has 0 radical (unpaired) electrons. The lowest BCUT2D eigenvalue weighted by Crippen LogP contribution is -2.27. The van der Waals surface area contributed by atoms with Crippen molar-refractivity contribution in [2.75, 3.05) is 13.7 Å². The molecule has 1 aliphatic heterocycles. The van der Waals surface area contributed by atoms with Crippen LogP contribution >= 0.6 is 0 Å². The van der Waals surface area contributed by atoms with Crippen LogP contribution < -0.4 is 10.1 Å². The molecule has 2 heterocycles. The summed E-state index contributed by atoms with van der Waals surface area (Å²) in [6.45, 7) is 1.52. The van der Waals surface area contributed by atoms with E-state index in [1.165, 1.54) is 19.3 Å². The van der Waals surface area contributed by atoms with Crippen molar-refractivity contribution in [3.63, 3.8) is 0 Å². The zero-order chi connectivity index (χ0) is 16.1. The molecule has 0 fully saturated rings. The zero-order valence-corrected chi connectivity index (χ0v) is 13.4. The van der Waals surface area contributed by atoms with E-state index in [0.29, 0.717) is 24.3 Å². The van der Waals surface area contributed by atoms with Gasteiger partial charge in [-0.2, -0.15) is 0 Å². The Labute approximate surface area is 135 Å². The van der Waals surface area contributed by atoms with Crippen LogP contribution in [0.2, 0.25) is 0 Å². The third kappa shape index (κ3) is 3.52. The van der Waals surface area contributed by atoms with Gasteiger partial charge in [0.15, 0.2) is 0 Å². The standard InChI is InChI=1S/C17H22N4O2/c1-23-14-8-5-4-7-13(14)17(22)18-11-10-16-20-19-15-9-3-2-6-12-21(15)16/h4-5,7-8H,2-3,6,9-12H2,1H3,(H,18,22). The summed E-state index contributed by atoms with van der Waals surface area (Å²) in [4.78, 5) is 12.3. The molecule has 0 unspecified atom stereocenters. The highest BCUT2D eigenvalue weighted by molar-refractivity contribution is 5.96. The molecular formula is C17H22N4O2. The van der Waals surface area contributed by atoms with E-state index in [-0.39, 0.29) is 5.91 Å². The van der Waals surface area contributed by atoms with Crippen LogP contribution in [0.5, 0.6) is 5.75 Å². The number of nitrogens with one attached hydrogen (secondary N) is 1. The van der Waals surface area contributed by atoms with E-state index in [1.807, 2.05) is 12.1 Å². The quantitative estimate of drug-likeness (QED) is 0.916. The number of benzene rings is 1. The fourth-order valence-electron chi connectivity index (χ4n) is 2.95. The van der Waals surface area contributed by atoms with Crippen molar-refractivity contribution in [1.82, 2.24) is 20.1 Å². The summed E-state index contributed by atoms with van der Waals surface area (Å²) in [6, 6.07) is 7.22. The van der Waals surface area contributed by atoms with Crippen LogP contribution in [0.25, 0.3) is 0 Å². The maximum absolute atomic E-state index is 12.3. The number of ether oxygens (including phenoxy) is 1. The van der Waals surface area contributed by atoms with Gasteiger partial charge in [0.25, 0.3) is 5.91 Å². The molecule has 2 aromatic rings. The van der Waals surface area contributed by atoms with Crippen LogP contribution in [0.3, 0.4) is 0 Å². The monoisotopic (exact) mass is 314 g/mol. The summed E-state index contributed by atoms with van der Waals surface area (Å²) in [6.07, 6.45) is 5.29. The summed E-state index contributed by atoms with van der Waals surface area (Å²) in [5.74, 6) is 2.50. The molecule has 0 aliphatic carbocycles. The summed E-state index contributed by atoms with van der Waals surface area (Å²) < 4.78 is 7.43. The minimum atomic E-state index is -0.127. The first kappa shape index (κ1) is 15.5. The van der Waals surface area contributed by atoms with Gasteiger partial charge < -0.3 is 14.6 Å². The predicted molar refractivity (Wildman–Crippen MR) is 86.6 cm³/mol. The first-order valence-corrected chi connectivity index (χ1v) is 8.12. The summed E-state index contributed by atoms with van der Waals surface area (Å²) in [5.41, 5.74) is 0.551. The SMILES string of the molecule is COc1ccccc1C(=O)NCCc1nnc2n1CCCCC2. The Morgan fingerprint density at radius 2 is 2.13 bits per heavy atom. The van der Waals surface area contributed by atoms with Gasteiger partial charge in [0.1, 0.15) is 17.4 Å². The van der Waals surface area contributed by atoms with Gasteiger partial charge in [-0.05, 0) is 25.0 Å². The maximum atomic E-state index is 12.3. The number of para-hydroxylation sites is 1. The fourth-order valence-corrected chi connectivity index (χ4v) is 2.95. The smallest absolute Gasteiger partial charge is 0.255 e. The van der Waals surface area contributed by atoms with E-state index < -0.39 is 0 Å². The molecule has 0 saturated heterocycles. The van der Waals surface area contributed by atoms with Crippen LogP contribution in [0.1, 0.15) is 41.3 Å². The van der Waals surface area contributed by atoms with Crippen LogP contribution in [-0.2, 0) is 19.4 Å². The van der Waals surface area contributed by atoms with Crippen molar-refractivity contribution < 1.29 is 9.53 Å². The van der Waals surface area contributed by atoms with Crippen molar-refractivity contribution in [3.8, 4) is 5.75 Å². The molecule has 1 aromatic carbocycles. The Bertz CT molecular complexity index is 681. The third-order valence-electron chi connectivity index (χ3n) is 4.17. The molecule has 6 nitrogen and oxygen atoms in total. The lowest BCUT2D eigenvalue weighted by atomic mass is 10.2. The number of fused-ring (bicyclic) bond motifs is 1. The van der Waals surface area contributed by atoms with Crippen LogP contribution in [-0.4, -0.2) is 34.3 Å². The van der Waals surface area contributed by atoms with Gasteiger partial charge in [0, 0.05) is 25.9 Å². The van der Waals surface area contributed by atoms with Gasteiger partial charge in [-0.15, -0.1) is 10.2 Å². The molecule has 23 heavy (non-hydrogen) atoms. The molecule has 3 rings (SSSR count). The number of carbonyl (C=O) groups excluding carboxylic acids is 1. The summed E-state index contributed by atoms with van der Waals surface area (Å²) in [5, 5.41) is 11.5. The minimum absolute atomic E-state index is 0.127. The molecule has 0 spiro atoms. The van der Waals surface area contributed by atoms with E-state index >= 15 is 0 Å². The van der Waals surface area contributed by atoms with E-state index in [4.69, 9.17) is 4.74 Å². The van der Waals surface area contributed by atoms with E-state index in [0.717, 1.165) is 24.6 Å². The second kappa shape index (κ2) is 7.26. The molecule has 1 aliphatic rings. The van der Waals surface area contributed by atoms with Crippen molar-refractivity contribution >= 4 is 5.91 Å². The molecular weight excluding hydrogens is 292 g/mol. The van der Waals surface area contributed by atoms with Gasteiger partial charge >= 0.3 is 0 Å². The Hall–Kier alpha value is -2.37. The topological polar surface area (TPSA) is 69.0 Å². The Balaban J connectivity index is 1.59. The Morgan fingerprint density at radius 1 is 1.26 bits per heavy atom. The minimum Gasteiger partial charge on any atom is -0.496 e. The van der Waals surface area contributed by atoms with Crippen LogP contribution in [0.15, 0.2) is 24.3 Å². The average Bonchev–Trinajstić information content (AvgIpc) is 2.81. The second-order valence-corrected chi connectivity index (χ2v) is 5.70. The Morgan fingerprint density at radius 3 is 3.00 bits per heavy atom. The lowest BCUT2D eigenvalue weighted by molar-refractivity contribution is 0.0951. The van der Waals surface area contributed by atoms with E-state index in [2.05, 4.69) is 20.1 Å². The van der Waals surface area contributed by atoms with Crippen molar-refractivity contribution in [2.45, 2.75) is 38.6 Å². The number of methoxy groups -OCH3 is 1. The first-order chi connectivity index (χ1) is 11.3. The second-order valence-electron chi connectivity index (χ2n) is 5.70. The highest BCUT2D eigenvalue weighted by atomic mass is 16.5. The van der Waals surface area contributed by atoms with Crippen LogP contribution in [0.4, 0.5) is 0 Å². The number of hydrogen-bond acceptors (Lipinski definition) is 4. The van der Waals surface area contributed by atoms with Gasteiger partial charge in [0.2, 0.25) is 0 Å². The molecule has 0 atom stereocenters. The summed E-state index contributed by atoms with van der Waals surface area (Å²) >= 11 is 0. The van der Waals surface area contributed by atoms with Gasteiger partial charge in [0.05, 0.1) is 12.7 Å². The first-order valence-electron chi connectivity index (χ1n) is 8.12. The molecule has 1 amide bonds. The Kier molecular flexibility index (Phi) is 4.90. The van der Waals surface area contributed by atoms with Crippen molar-refractivity contribution in [3.05, 3.63) is 41.5 Å². The number of aromatic nitrogens is 3. The van der Waals surface area contributed by atoms with E-state index in [1.54, 1.807) is 19.2 Å². The predicted octanol–water partition coefficient (Wildman–Crippen LogP) is 1.99. The van der Waals surface area contributed by atoms with Gasteiger partial charge in [-0.3, -0.25) is 4.79 Å². The normalized spacial score (nSPS) is 14.0. The highest BCUT2D eigenvalue weighted by Gasteiger charge is 2.15. The van der Waals surface area contributed by atoms with E-state index in [9.17, 15) is 4.79 Å². The number of hydrogen-bond donors (Lipinski definition) is 1. The molecule has 0 bridgehead atoms. The zero-order valence-electron chi connectivity index (χ0n) is 13.4. The third-order valence-corrected chi connectivity index (χ3v) is 4.17. The van der Waals surface area contributed by atoms with Gasteiger partial charge in [-0.1, -0.05) is 18.6 Å². The van der Waals surface area contributed by atoms with Crippen molar-refractivity contribution in [1.29, 1.82) is 0 Å². The van der Waals surface area contributed by atoms with Gasteiger partial charge in [-0.25, -0.2) is 0 Å². The number of carbonyl (C=O) groups is 1. The largest absolute Gasteiger partial charge is 0.496 e. The average molecular weight is 314 g/mol. The molecule has 0 saturated carbocycles. The number of aryl methyl sites for hydroxylation is 1. The number of nitrogens with zero attached hydrogens (tertiary/aromatic N) is 3. The lowest BCUT2D eigenvalue weighted by Gasteiger charge is -2.10. The molecule has 1 N–H and O–H groups in total. The molecule has 122 valence electrons. The molecule has 6 heteroatoms. The fraction of sp³-hybridized carbons (Fsp3) is 0.471. The number of rotatable bonds is 5. The number of amides is 1. The maximum Gasteiger partial charge on any atom is 0.255 e. The van der Waals surface area contributed by atoms with Crippen LogP contribution in [0, 0.1) is 0 Å². The summed E-state index contributed by atoms with van der Waals surface area (Å²) in [7, 11) is 1.57.